The molecule has 2 heterocycles. The quantitative estimate of drug-likeness (QED) is 0.247. The summed E-state index contributed by atoms with van der Waals surface area (Å²) in [7, 11) is 0. The van der Waals surface area contributed by atoms with E-state index in [1.54, 1.807) is 0 Å². The molecule has 0 saturated heterocycles. The van der Waals surface area contributed by atoms with Gasteiger partial charge in [0.05, 0.1) is 28.4 Å². The summed E-state index contributed by atoms with van der Waals surface area (Å²) in [6, 6.07) is 16.6. The molecule has 7 heteroatoms. The average molecular weight is 418 g/mol. The molecule has 4 aromatic rings. The molecule has 31 heavy (non-hydrogen) atoms. The molecule has 0 amide bonds. The van der Waals surface area contributed by atoms with E-state index < -0.39 is 0 Å². The molecule has 2 aromatic carbocycles. The lowest BCUT2D eigenvalue weighted by Gasteiger charge is -2.12. The number of imidazole rings is 2. The van der Waals surface area contributed by atoms with E-state index in [4.69, 9.17) is 4.99 Å². The van der Waals surface area contributed by atoms with Gasteiger partial charge in [0.15, 0.2) is 5.96 Å². The molecular weight excluding hydrogens is 386 g/mol. The van der Waals surface area contributed by atoms with Crippen molar-refractivity contribution in [2.24, 2.45) is 4.99 Å². The zero-order valence-corrected chi connectivity index (χ0v) is 18.4. The molecule has 0 spiro atoms. The first-order valence-corrected chi connectivity index (χ1v) is 11.1. The number of fused-ring (bicyclic) bond motifs is 2. The lowest BCUT2D eigenvalue weighted by atomic mass is 10.3. The summed E-state index contributed by atoms with van der Waals surface area (Å²) in [6.45, 7) is 8.50. The van der Waals surface area contributed by atoms with Crippen molar-refractivity contribution in [3.8, 4) is 0 Å². The Balaban J connectivity index is 1.25. The molecule has 0 fully saturated rings. The van der Waals surface area contributed by atoms with Crippen LogP contribution in [0.5, 0.6) is 0 Å². The molecule has 0 atom stereocenters. The van der Waals surface area contributed by atoms with Crippen molar-refractivity contribution in [2.75, 3.05) is 19.6 Å². The first-order chi connectivity index (χ1) is 15.3. The van der Waals surface area contributed by atoms with Crippen molar-refractivity contribution < 1.29 is 0 Å². The fourth-order valence-electron chi connectivity index (χ4n) is 3.88. The van der Waals surface area contributed by atoms with Crippen LogP contribution in [0.3, 0.4) is 0 Å². The number of aromatic nitrogens is 4. The number of nitrogens with zero attached hydrogens (tertiary/aromatic N) is 5. The monoisotopic (exact) mass is 417 g/mol. The number of aliphatic imine (C=N–C) groups is 1. The van der Waals surface area contributed by atoms with E-state index >= 15 is 0 Å². The van der Waals surface area contributed by atoms with Crippen LogP contribution in [0.2, 0.25) is 0 Å². The smallest absolute Gasteiger partial charge is 0.191 e. The van der Waals surface area contributed by atoms with E-state index in [0.717, 1.165) is 68.4 Å². The number of guanidine groups is 1. The molecule has 2 N–H and O–H groups in total. The summed E-state index contributed by atoms with van der Waals surface area (Å²) < 4.78 is 4.49. The van der Waals surface area contributed by atoms with Gasteiger partial charge in [0.1, 0.15) is 5.82 Å². The number of rotatable bonds is 9. The van der Waals surface area contributed by atoms with E-state index in [-0.39, 0.29) is 0 Å². The van der Waals surface area contributed by atoms with Crippen LogP contribution in [0.15, 0.2) is 59.9 Å². The summed E-state index contributed by atoms with van der Waals surface area (Å²) in [6.07, 6.45) is 3.89. The van der Waals surface area contributed by atoms with Gasteiger partial charge in [-0.15, -0.1) is 0 Å². The number of hydrogen-bond donors (Lipinski definition) is 2. The van der Waals surface area contributed by atoms with Gasteiger partial charge in [0.2, 0.25) is 0 Å². The van der Waals surface area contributed by atoms with Crippen LogP contribution in [-0.4, -0.2) is 44.7 Å². The van der Waals surface area contributed by atoms with Crippen molar-refractivity contribution in [3.05, 3.63) is 60.7 Å². The third-order valence-corrected chi connectivity index (χ3v) is 5.39. The minimum Gasteiger partial charge on any atom is -0.357 e. The predicted octanol–water partition coefficient (Wildman–Crippen LogP) is 3.73. The highest BCUT2D eigenvalue weighted by atomic mass is 15.2. The summed E-state index contributed by atoms with van der Waals surface area (Å²) in [4.78, 5) is 13.8. The Morgan fingerprint density at radius 3 is 2.55 bits per heavy atom. The molecule has 0 saturated carbocycles. The van der Waals surface area contributed by atoms with Gasteiger partial charge in [-0.3, -0.25) is 4.99 Å². The number of nitrogens with one attached hydrogen (secondary N) is 2. The van der Waals surface area contributed by atoms with E-state index in [9.17, 15) is 0 Å². The lowest BCUT2D eigenvalue weighted by Crippen LogP contribution is -2.38. The van der Waals surface area contributed by atoms with Crippen molar-refractivity contribution in [3.63, 3.8) is 0 Å². The topological polar surface area (TPSA) is 72.1 Å². The second-order valence-electron chi connectivity index (χ2n) is 7.62. The first kappa shape index (κ1) is 20.9. The Hall–Kier alpha value is -3.35. The molecule has 2 aromatic heterocycles. The third kappa shape index (κ3) is 5.05. The van der Waals surface area contributed by atoms with Crippen LogP contribution in [0.4, 0.5) is 0 Å². The zero-order valence-electron chi connectivity index (χ0n) is 18.4. The second-order valence-corrected chi connectivity index (χ2v) is 7.62. The molecule has 0 bridgehead atoms. The third-order valence-electron chi connectivity index (χ3n) is 5.39. The van der Waals surface area contributed by atoms with E-state index in [2.05, 4.69) is 73.9 Å². The van der Waals surface area contributed by atoms with Gasteiger partial charge in [0.25, 0.3) is 0 Å². The Morgan fingerprint density at radius 2 is 1.71 bits per heavy atom. The van der Waals surface area contributed by atoms with Crippen molar-refractivity contribution in [2.45, 2.75) is 39.8 Å². The molecule has 0 unspecified atom stereocenters. The van der Waals surface area contributed by atoms with Crippen LogP contribution in [0.25, 0.3) is 22.1 Å². The Bertz CT molecular complexity index is 1160. The average Bonchev–Trinajstić information content (AvgIpc) is 3.34. The molecule has 0 radical (unpaired) electrons. The summed E-state index contributed by atoms with van der Waals surface area (Å²) >= 11 is 0. The maximum Gasteiger partial charge on any atom is 0.191 e. The Labute approximate surface area is 183 Å². The second kappa shape index (κ2) is 10.1. The van der Waals surface area contributed by atoms with Gasteiger partial charge in [-0.1, -0.05) is 24.3 Å². The van der Waals surface area contributed by atoms with Crippen LogP contribution in [0.1, 0.15) is 25.6 Å². The van der Waals surface area contributed by atoms with Gasteiger partial charge < -0.3 is 19.8 Å². The fraction of sp³-hybridized carbons (Fsp3) is 0.375. The summed E-state index contributed by atoms with van der Waals surface area (Å²) in [5, 5.41) is 6.80. The molecule has 7 nitrogen and oxygen atoms in total. The SMILES string of the molecule is CCNC(=NCCCn1cnc2ccccc21)NCCCn1c(C)nc2ccccc21. The van der Waals surface area contributed by atoms with Gasteiger partial charge in [-0.25, -0.2) is 9.97 Å². The van der Waals surface area contributed by atoms with Crippen LogP contribution in [-0.2, 0) is 13.1 Å². The van der Waals surface area contributed by atoms with Crippen molar-refractivity contribution >= 4 is 28.0 Å². The van der Waals surface area contributed by atoms with E-state index in [1.165, 1.54) is 11.0 Å². The van der Waals surface area contributed by atoms with Crippen molar-refractivity contribution in [1.29, 1.82) is 0 Å². The molecular formula is C24H31N7. The molecule has 0 aliphatic carbocycles. The number of hydrogen-bond acceptors (Lipinski definition) is 3. The summed E-state index contributed by atoms with van der Waals surface area (Å²) in [5.41, 5.74) is 4.49. The minimum absolute atomic E-state index is 0.771. The maximum absolute atomic E-state index is 4.74. The highest BCUT2D eigenvalue weighted by molar-refractivity contribution is 5.79. The molecule has 0 aliphatic rings. The Kier molecular flexibility index (Phi) is 6.82. The van der Waals surface area contributed by atoms with Crippen LogP contribution >= 0.6 is 0 Å². The first-order valence-electron chi connectivity index (χ1n) is 11.1. The van der Waals surface area contributed by atoms with Crippen LogP contribution in [0, 0.1) is 6.92 Å². The molecule has 0 aliphatic heterocycles. The van der Waals surface area contributed by atoms with Gasteiger partial charge in [0, 0.05) is 32.7 Å². The van der Waals surface area contributed by atoms with E-state index in [1.807, 2.05) is 24.5 Å². The van der Waals surface area contributed by atoms with Gasteiger partial charge >= 0.3 is 0 Å². The summed E-state index contributed by atoms with van der Waals surface area (Å²) in [5.74, 6) is 1.94. The predicted molar refractivity (Wildman–Crippen MR) is 127 cm³/mol. The number of benzene rings is 2. The normalized spacial score (nSPS) is 12.0. The Morgan fingerprint density at radius 1 is 0.935 bits per heavy atom. The van der Waals surface area contributed by atoms with Gasteiger partial charge in [-0.2, -0.15) is 0 Å². The fourth-order valence-corrected chi connectivity index (χ4v) is 3.88. The largest absolute Gasteiger partial charge is 0.357 e. The van der Waals surface area contributed by atoms with Crippen LogP contribution < -0.4 is 10.6 Å². The minimum atomic E-state index is 0.771. The van der Waals surface area contributed by atoms with Crippen molar-refractivity contribution in [1.82, 2.24) is 29.7 Å². The van der Waals surface area contributed by atoms with E-state index in [0.29, 0.717) is 0 Å². The standard InChI is InChI=1S/C24H31N7/c1-3-25-24(26-14-8-16-30-18-28-20-10-4-6-12-22(20)30)27-15-9-17-31-19(2)29-21-11-5-7-13-23(21)31/h4-7,10-13,18H,3,8-9,14-17H2,1-2H3,(H2,25,26,27). The lowest BCUT2D eigenvalue weighted by molar-refractivity contribution is 0.622. The molecule has 162 valence electrons. The maximum atomic E-state index is 4.74. The number of aryl methyl sites for hydroxylation is 3. The van der Waals surface area contributed by atoms with Gasteiger partial charge in [-0.05, 0) is 51.0 Å². The highest BCUT2D eigenvalue weighted by Crippen LogP contribution is 2.15. The highest BCUT2D eigenvalue weighted by Gasteiger charge is 2.06. The molecule has 4 rings (SSSR count). The zero-order chi connectivity index (χ0) is 21.5. The number of para-hydroxylation sites is 4.